The molecule has 0 aliphatic carbocycles. The first-order chi connectivity index (χ1) is 11.8. The third kappa shape index (κ3) is 25.9. The van der Waals surface area contributed by atoms with Crippen molar-refractivity contribution in [3.05, 3.63) is 34.2 Å². The smallest absolute Gasteiger partial charge is 0.686 e. The number of nitrogens with one attached hydrogen (secondary N) is 2. The minimum Gasteiger partial charge on any atom is -0.686 e. The van der Waals surface area contributed by atoms with Crippen LogP contribution in [-0.4, -0.2) is 81.1 Å². The normalized spacial score (nSPS) is 13.6. The zero-order valence-corrected chi connectivity index (χ0v) is 23.5. The Morgan fingerprint density at radius 3 is 1.04 bits per heavy atom. The van der Waals surface area contributed by atoms with E-state index in [-0.39, 0.29) is 45.5 Å². The van der Waals surface area contributed by atoms with Crippen LogP contribution in [0.5, 0.6) is 0 Å². The van der Waals surface area contributed by atoms with Crippen molar-refractivity contribution in [1.82, 2.24) is 0 Å². The van der Waals surface area contributed by atoms with Crippen LogP contribution >= 0.6 is 0 Å². The van der Waals surface area contributed by atoms with Gasteiger partial charge in [0.2, 0.25) is 0 Å². The fourth-order valence-corrected chi connectivity index (χ4v) is 2.51. The van der Waals surface area contributed by atoms with Crippen molar-refractivity contribution in [2.75, 3.05) is 0 Å². The van der Waals surface area contributed by atoms with Crippen LogP contribution < -0.4 is 9.98 Å². The molecule has 4 nitrogen and oxygen atoms in total. The van der Waals surface area contributed by atoms with Crippen molar-refractivity contribution in [3.63, 3.8) is 0 Å². The summed E-state index contributed by atoms with van der Waals surface area (Å²) in [5, 5.41) is 8.85. The van der Waals surface area contributed by atoms with Crippen molar-refractivity contribution in [3.8, 4) is 0 Å². The molecule has 0 rings (SSSR count). The van der Waals surface area contributed by atoms with E-state index in [4.69, 9.17) is 0 Å². The zero-order valence-electron chi connectivity index (χ0n) is 20.1. The molecule has 0 spiro atoms. The van der Waals surface area contributed by atoms with Crippen LogP contribution in [0, 0.1) is 0 Å². The molecule has 0 aliphatic heterocycles. The molecule has 0 saturated heterocycles. The number of hydrogen-bond donors (Lipinski definition) is 2. The summed E-state index contributed by atoms with van der Waals surface area (Å²) in [6.45, 7) is 25.1. The monoisotopic (exact) mass is 452 g/mol. The van der Waals surface area contributed by atoms with Crippen LogP contribution in [0.1, 0.15) is 83.1 Å². The summed E-state index contributed by atoms with van der Waals surface area (Å²) in [5.74, 6) is 0. The van der Waals surface area contributed by atoms with Gasteiger partial charge in [-0.3, -0.25) is 0 Å². The number of rotatable bonds is 8. The Bertz CT molecular complexity index is 452. The Hall–Kier alpha value is -0.0995. The van der Waals surface area contributed by atoms with E-state index in [1.165, 1.54) is 11.4 Å². The number of allylic oxidation sites excluding steroid dienone is 4. The molecule has 2 N–H and O–H groups in total. The van der Waals surface area contributed by atoms with Gasteiger partial charge in [-0.15, -0.1) is 12.1 Å². The maximum Gasteiger partial charge on any atom is 2.00 e. The molecule has 0 aliphatic rings. The Morgan fingerprint density at radius 1 is 0.593 bits per heavy atom. The second-order valence-electron chi connectivity index (χ2n) is 7.98. The fourth-order valence-electron chi connectivity index (χ4n) is 2.51. The molecule has 0 aromatic rings. The van der Waals surface area contributed by atoms with Gasteiger partial charge in [0.15, 0.2) is 11.4 Å². The van der Waals surface area contributed by atoms with Crippen LogP contribution in [0.25, 0.3) is 10.6 Å². The van der Waals surface area contributed by atoms with Gasteiger partial charge in [0, 0.05) is 13.8 Å². The summed E-state index contributed by atoms with van der Waals surface area (Å²) in [7, 11) is 0. The molecule has 0 saturated carbocycles. The van der Waals surface area contributed by atoms with Gasteiger partial charge in [-0.2, -0.15) is 11.4 Å². The molecule has 0 atom stereocenters. The van der Waals surface area contributed by atoms with E-state index in [1.807, 2.05) is 13.8 Å². The molecule has 0 aromatic heterocycles. The van der Waals surface area contributed by atoms with Crippen LogP contribution in [0.4, 0.5) is 0 Å². The predicted molar refractivity (Wildman–Crippen MR) is 124 cm³/mol. The molecule has 0 unspecified atom stereocenters. The van der Waals surface area contributed by atoms with E-state index >= 15 is 0 Å². The largest absolute Gasteiger partial charge is 2.00 e. The molecular formula is C22H44N4Sr+2. The minimum absolute atomic E-state index is 0. The Labute approximate surface area is 206 Å². The molecular weight excluding hydrogens is 408 g/mol. The zero-order chi connectivity index (χ0) is 20.9. The van der Waals surface area contributed by atoms with Gasteiger partial charge in [-0.25, -0.2) is 9.98 Å². The van der Waals surface area contributed by atoms with Crippen LogP contribution in [0.15, 0.2) is 23.5 Å². The Kier molecular flexibility index (Phi) is 21.0. The summed E-state index contributed by atoms with van der Waals surface area (Å²) in [4.78, 5) is 6.65. The van der Waals surface area contributed by atoms with Gasteiger partial charge in [-0.05, 0) is 39.8 Å². The predicted octanol–water partition coefficient (Wildman–Crippen LogP) is 2.86. The fraction of sp³-hybridized carbons (Fsp3) is 0.727. The van der Waals surface area contributed by atoms with Gasteiger partial charge < -0.3 is 10.6 Å². The standard InChI is InChI=1S/2C11H21N2.Sr/c2*1-8(2)12-10(5)7-11(6)13-9(3)4;/h2*7-9H,1-6H3;/q2*-1;+2/p+2/b2*10-7-,13-11?;. The second-order valence-corrected chi connectivity index (χ2v) is 7.98. The summed E-state index contributed by atoms with van der Waals surface area (Å²) in [6, 6.07) is 1.73. The minimum atomic E-state index is 0. The second kappa shape index (κ2) is 18.0. The molecule has 0 radical (unpaired) electrons. The maximum atomic E-state index is 4.42. The molecule has 0 aromatic carbocycles. The summed E-state index contributed by atoms with van der Waals surface area (Å²) in [6.07, 6.45) is 4.17. The van der Waals surface area contributed by atoms with E-state index in [0.29, 0.717) is 24.2 Å². The van der Waals surface area contributed by atoms with Gasteiger partial charge in [-0.1, -0.05) is 41.5 Å². The third-order valence-electron chi connectivity index (χ3n) is 2.81. The van der Waals surface area contributed by atoms with Crippen LogP contribution in [0.2, 0.25) is 0 Å². The molecule has 27 heavy (non-hydrogen) atoms. The van der Waals surface area contributed by atoms with Gasteiger partial charge >= 0.3 is 45.5 Å². The van der Waals surface area contributed by atoms with Gasteiger partial charge in [0.25, 0.3) is 0 Å². The van der Waals surface area contributed by atoms with Crippen molar-refractivity contribution in [2.45, 2.75) is 107 Å². The molecule has 152 valence electrons. The van der Waals surface area contributed by atoms with Crippen molar-refractivity contribution in [1.29, 1.82) is 0 Å². The van der Waals surface area contributed by atoms with Gasteiger partial charge in [0.1, 0.15) is 12.1 Å². The number of nitrogens with zero attached hydrogens (tertiary/aromatic N) is 2. The van der Waals surface area contributed by atoms with Gasteiger partial charge in [0.05, 0.1) is 0 Å². The number of hydrogen-bond acceptors (Lipinski definition) is 0. The first kappa shape index (κ1) is 31.6. The van der Waals surface area contributed by atoms with Crippen molar-refractivity contribution < 1.29 is 9.98 Å². The van der Waals surface area contributed by atoms with E-state index < -0.39 is 0 Å². The van der Waals surface area contributed by atoms with Crippen LogP contribution in [0.3, 0.4) is 0 Å². The van der Waals surface area contributed by atoms with E-state index in [2.05, 4.69) is 102 Å². The van der Waals surface area contributed by atoms with Crippen molar-refractivity contribution in [2.24, 2.45) is 0 Å². The van der Waals surface area contributed by atoms with E-state index in [0.717, 1.165) is 11.4 Å². The quantitative estimate of drug-likeness (QED) is 0.421. The molecule has 0 heterocycles. The summed E-state index contributed by atoms with van der Waals surface area (Å²) in [5.41, 5.74) is 4.52. The molecule has 0 amide bonds. The van der Waals surface area contributed by atoms with Crippen LogP contribution in [-0.2, 0) is 0 Å². The topological polar surface area (TPSA) is 56.1 Å². The molecule has 0 bridgehead atoms. The summed E-state index contributed by atoms with van der Waals surface area (Å²) < 4.78 is 0. The summed E-state index contributed by atoms with van der Waals surface area (Å²) >= 11 is 0. The first-order valence-electron chi connectivity index (χ1n) is 9.81. The van der Waals surface area contributed by atoms with Crippen molar-refractivity contribution >= 4 is 56.9 Å². The Morgan fingerprint density at radius 2 is 0.852 bits per heavy atom. The van der Waals surface area contributed by atoms with E-state index in [9.17, 15) is 0 Å². The first-order valence-corrected chi connectivity index (χ1v) is 9.81. The average Bonchev–Trinajstić information content (AvgIpc) is 2.33. The average molecular weight is 452 g/mol. The Balaban J connectivity index is -0.000000411. The maximum absolute atomic E-state index is 4.42. The third-order valence-corrected chi connectivity index (χ3v) is 2.81. The van der Waals surface area contributed by atoms with E-state index in [1.54, 1.807) is 0 Å². The molecule has 0 fully saturated rings. The molecule has 5 heteroatoms. The SMILES string of the molecule is CC(/C=C(/C)[N-]C(C)C)=[NH+]C(C)C.CC(/C=C(/C)[N-]C(C)C)=[NH+]C(C)C.[Sr+2].